The van der Waals surface area contributed by atoms with E-state index in [4.69, 9.17) is 9.11 Å². The number of hydrogen-bond donors (Lipinski definition) is 0. The van der Waals surface area contributed by atoms with Crippen LogP contribution < -0.4 is 0 Å². The molecule has 0 aliphatic heterocycles. The van der Waals surface area contributed by atoms with E-state index in [1.54, 1.807) is 0 Å². The molecule has 0 N–H and O–H groups in total. The van der Waals surface area contributed by atoms with Crippen molar-refractivity contribution < 1.29 is 6.17 Å². The fourth-order valence-corrected chi connectivity index (χ4v) is 0.0304. The second-order valence-corrected chi connectivity index (χ2v) is 0.851. The standard InChI is InChI=1S/C2H4B2NO/c1-5(2-6)4-3/h2H,1H3/i2D. The quantitative estimate of drug-likeness (QED) is 0.286. The fourth-order valence-electron chi connectivity index (χ4n) is 0.0304. The van der Waals surface area contributed by atoms with Gasteiger partial charge in [0.25, 0.3) is 0 Å². The highest BCUT2D eigenvalue weighted by atomic mass is 16.1. The second kappa shape index (κ2) is 2.82. The van der Waals surface area contributed by atoms with E-state index in [0.29, 0.717) is 0 Å². The van der Waals surface area contributed by atoms with Gasteiger partial charge in [0.15, 0.2) is 13.7 Å². The predicted octanol–water partition coefficient (Wildman–Crippen LogP) is -1.22. The normalized spacial score (nSPS) is 9.17. The average Bonchev–Trinajstić information content (AvgIpc) is 1.65. The molecule has 0 aliphatic rings. The molecule has 0 aromatic rings. The highest BCUT2D eigenvalue weighted by molar-refractivity contribution is 6.88. The third-order valence-corrected chi connectivity index (χ3v) is 0.368. The molecule has 0 unspecified atom stereocenters. The minimum absolute atomic E-state index is 0.803. The first-order chi connectivity index (χ1) is 3.18. The Labute approximate surface area is 40.6 Å². The van der Waals surface area contributed by atoms with Crippen LogP contribution in [-0.4, -0.2) is 33.3 Å². The Balaban J connectivity index is 3.34. The largest absolute Gasteiger partial charge is 0.405 e. The first kappa shape index (κ1) is 3.78. The molecule has 6 heavy (non-hydrogen) atoms. The molecular weight excluding hydrogens is 75.7 g/mol. The maximum atomic E-state index is 9.86. The number of hydrogen-bond acceptors (Lipinski definition) is 1. The van der Waals surface area contributed by atoms with Gasteiger partial charge in [-0.25, -0.2) is 0 Å². The molecule has 0 rings (SSSR count). The molecular formula is C2H4B2NO. The zero-order valence-electron chi connectivity index (χ0n) is 4.51. The van der Waals surface area contributed by atoms with E-state index in [9.17, 15) is 4.79 Å². The average molecular weight is 80.7 g/mol. The molecule has 0 fully saturated rings. The highest BCUT2D eigenvalue weighted by Gasteiger charge is 1.82. The smallest absolute Gasteiger partial charge is 0.196 e. The first-order valence-corrected chi connectivity index (χ1v) is 1.47. The fraction of sp³-hybridized carbons (Fsp3) is 0.500. The van der Waals surface area contributed by atoms with Gasteiger partial charge in [-0.05, 0) is 7.05 Å². The van der Waals surface area contributed by atoms with Crippen molar-refractivity contribution in [1.82, 2.24) is 4.81 Å². The summed E-state index contributed by atoms with van der Waals surface area (Å²) in [6.07, 6.45) is -0.803. The van der Waals surface area contributed by atoms with E-state index in [1.165, 1.54) is 7.05 Å². The summed E-state index contributed by atoms with van der Waals surface area (Å²) >= 11 is 0. The third-order valence-electron chi connectivity index (χ3n) is 0.368. The van der Waals surface area contributed by atoms with Gasteiger partial charge in [0.1, 0.15) is 1.37 Å². The molecule has 0 aromatic carbocycles. The van der Waals surface area contributed by atoms with Crippen LogP contribution in [0.3, 0.4) is 0 Å². The van der Waals surface area contributed by atoms with E-state index in [1.807, 2.05) is 0 Å². The van der Waals surface area contributed by atoms with Crippen molar-refractivity contribution in [2.45, 2.75) is 0 Å². The topological polar surface area (TPSA) is 20.3 Å². The molecule has 3 radical (unpaired) electrons. The number of nitrogens with zero attached hydrogens (tertiary/aromatic N) is 1. The molecule has 0 aliphatic carbocycles. The monoisotopic (exact) mass is 81.1 g/mol. The zero-order valence-corrected chi connectivity index (χ0v) is 3.51. The molecule has 0 saturated carbocycles. The van der Waals surface area contributed by atoms with Crippen LogP contribution in [0.4, 0.5) is 0 Å². The second-order valence-electron chi connectivity index (χ2n) is 0.851. The number of carbonyl (C=O) groups excluding carboxylic acids is 1. The van der Waals surface area contributed by atoms with Crippen molar-refractivity contribution >= 4 is 21.4 Å². The minimum atomic E-state index is -0.803. The summed E-state index contributed by atoms with van der Waals surface area (Å²) in [5, 5.41) is 0. The van der Waals surface area contributed by atoms with Crippen molar-refractivity contribution in [2.75, 3.05) is 7.05 Å². The summed E-state index contributed by atoms with van der Waals surface area (Å²) in [4.78, 5) is 10.8. The van der Waals surface area contributed by atoms with Gasteiger partial charge in [-0.3, -0.25) is 4.79 Å². The highest BCUT2D eigenvalue weighted by Crippen LogP contribution is 1.58. The Hall–Kier alpha value is -0.400. The van der Waals surface area contributed by atoms with Crippen LogP contribution in [0.5, 0.6) is 0 Å². The van der Waals surface area contributed by atoms with Crippen molar-refractivity contribution in [2.24, 2.45) is 0 Å². The summed E-state index contributed by atoms with van der Waals surface area (Å²) in [5.74, 6) is 0. The molecule has 0 saturated heterocycles. The Morgan fingerprint density at radius 1 is 2.33 bits per heavy atom. The Kier molecular flexibility index (Phi) is 1.77. The Bertz CT molecular complexity index is 78.1. The summed E-state index contributed by atoms with van der Waals surface area (Å²) < 4.78 is 6.36. The van der Waals surface area contributed by atoms with Crippen molar-refractivity contribution in [3.8, 4) is 0 Å². The first-order valence-electron chi connectivity index (χ1n) is 1.97. The van der Waals surface area contributed by atoms with Gasteiger partial charge in [-0.2, -0.15) is 0 Å². The van der Waals surface area contributed by atoms with Gasteiger partial charge in [0.05, 0.1) is 0 Å². The van der Waals surface area contributed by atoms with Crippen LogP contribution in [0.2, 0.25) is 0 Å². The van der Waals surface area contributed by atoms with Crippen LogP contribution in [0.25, 0.3) is 0 Å². The van der Waals surface area contributed by atoms with E-state index in [-0.39, 0.29) is 0 Å². The SMILES string of the molecule is [2H]C(=O)N(C)[B][B]. The molecule has 0 atom stereocenters. The van der Waals surface area contributed by atoms with Crippen LogP contribution >= 0.6 is 0 Å². The van der Waals surface area contributed by atoms with Crippen LogP contribution in [0.1, 0.15) is 1.37 Å². The number of rotatable bonds is 1. The molecule has 0 heterocycles. The predicted molar refractivity (Wildman–Crippen MR) is 25.3 cm³/mol. The van der Waals surface area contributed by atoms with E-state index in [2.05, 4.69) is 0 Å². The molecule has 29 valence electrons. The van der Waals surface area contributed by atoms with Gasteiger partial charge < -0.3 is 4.81 Å². The summed E-state index contributed by atoms with van der Waals surface area (Å²) in [6.45, 7) is 0. The molecule has 0 aromatic heterocycles. The molecule has 4 heteroatoms. The van der Waals surface area contributed by atoms with Crippen LogP contribution in [0.15, 0.2) is 0 Å². The summed E-state index contributed by atoms with van der Waals surface area (Å²) in [6, 6.07) is 0. The maximum Gasteiger partial charge on any atom is 0.196 e. The maximum absolute atomic E-state index is 9.86. The Morgan fingerprint density at radius 3 is 2.83 bits per heavy atom. The van der Waals surface area contributed by atoms with Crippen LogP contribution in [0, 0.1) is 0 Å². The number of carbonyl (C=O) groups is 1. The van der Waals surface area contributed by atoms with Gasteiger partial charge in [0, 0.05) is 7.74 Å². The lowest BCUT2D eigenvalue weighted by Gasteiger charge is -2.01. The molecule has 0 spiro atoms. The molecule has 1 amide bonds. The zero-order chi connectivity index (χ0) is 5.86. The van der Waals surface area contributed by atoms with Crippen LogP contribution in [-0.2, 0) is 4.79 Å². The van der Waals surface area contributed by atoms with Gasteiger partial charge in [-0.1, -0.05) is 0 Å². The summed E-state index contributed by atoms with van der Waals surface area (Å²) in [7, 11) is 7.28. The lowest BCUT2D eigenvalue weighted by Crippen LogP contribution is -2.20. The van der Waals surface area contributed by atoms with Crippen molar-refractivity contribution in [3.05, 3.63) is 0 Å². The van der Waals surface area contributed by atoms with Crippen molar-refractivity contribution in [1.29, 1.82) is 0 Å². The van der Waals surface area contributed by atoms with E-state index in [0.717, 1.165) is 12.1 Å². The third kappa shape index (κ3) is 1.88. The molecule has 2 nitrogen and oxygen atoms in total. The molecule has 0 bridgehead atoms. The Morgan fingerprint density at radius 2 is 2.83 bits per heavy atom. The lowest BCUT2D eigenvalue weighted by atomic mass is 9.66. The van der Waals surface area contributed by atoms with Gasteiger partial charge in [0.2, 0.25) is 0 Å². The van der Waals surface area contributed by atoms with E-state index >= 15 is 0 Å². The summed E-state index contributed by atoms with van der Waals surface area (Å²) in [5.41, 5.74) is 0. The lowest BCUT2D eigenvalue weighted by molar-refractivity contribution is -0.113. The minimum Gasteiger partial charge on any atom is -0.405 e. The van der Waals surface area contributed by atoms with E-state index < -0.39 is 6.39 Å². The van der Waals surface area contributed by atoms with Gasteiger partial charge >= 0.3 is 0 Å². The number of amides is 1. The van der Waals surface area contributed by atoms with Crippen molar-refractivity contribution in [3.63, 3.8) is 0 Å². The van der Waals surface area contributed by atoms with Gasteiger partial charge in [-0.15, -0.1) is 0 Å².